The number of nitrogens with one attached hydrogen (secondary N) is 3. The summed E-state index contributed by atoms with van der Waals surface area (Å²) in [6.45, 7) is 4.58. The second kappa shape index (κ2) is 10.8. The first-order valence-electron chi connectivity index (χ1n) is 10.7. The highest BCUT2D eigenvalue weighted by atomic mass is 32.2. The van der Waals surface area contributed by atoms with Crippen molar-refractivity contribution in [3.63, 3.8) is 0 Å². The standard InChI is InChI=1S/C23H27FN4O3S/c24-18-3-1-2-16(12-18)14-32-15-21-23(30)27-20-13-17(4-5-19(20)26-21)22(29)25-6-7-28-8-10-31-11-9-28/h1-5,12-13,21,26H,6-11,14-15H2,(H,25,29)(H,27,30). The normalized spacial score (nSPS) is 18.4. The van der Waals surface area contributed by atoms with Gasteiger partial charge >= 0.3 is 0 Å². The first kappa shape index (κ1) is 22.6. The molecular weight excluding hydrogens is 431 g/mol. The number of benzene rings is 2. The number of ether oxygens (including phenoxy) is 1. The monoisotopic (exact) mass is 458 g/mol. The molecule has 32 heavy (non-hydrogen) atoms. The van der Waals surface area contributed by atoms with Gasteiger partial charge in [-0.25, -0.2) is 4.39 Å². The van der Waals surface area contributed by atoms with E-state index < -0.39 is 6.04 Å². The molecular formula is C23H27FN4O3S. The van der Waals surface area contributed by atoms with Gasteiger partial charge in [0.05, 0.1) is 24.6 Å². The van der Waals surface area contributed by atoms with Crippen molar-refractivity contribution in [3.05, 3.63) is 59.4 Å². The summed E-state index contributed by atoms with van der Waals surface area (Å²) in [6, 6.07) is 11.3. The number of morpholine rings is 1. The number of fused-ring (bicyclic) bond motifs is 1. The molecule has 0 spiro atoms. The van der Waals surface area contributed by atoms with Crippen LogP contribution in [0.15, 0.2) is 42.5 Å². The van der Waals surface area contributed by atoms with Gasteiger partial charge in [-0.1, -0.05) is 12.1 Å². The topological polar surface area (TPSA) is 82.7 Å². The van der Waals surface area contributed by atoms with E-state index in [0.29, 0.717) is 29.3 Å². The maximum absolute atomic E-state index is 13.3. The number of carbonyl (C=O) groups is 2. The van der Waals surface area contributed by atoms with E-state index in [2.05, 4.69) is 20.9 Å². The Hall–Kier alpha value is -2.62. The molecule has 7 nitrogen and oxygen atoms in total. The fourth-order valence-corrected chi connectivity index (χ4v) is 4.68. The zero-order valence-electron chi connectivity index (χ0n) is 17.7. The van der Waals surface area contributed by atoms with E-state index in [0.717, 1.165) is 44.1 Å². The summed E-state index contributed by atoms with van der Waals surface area (Å²) in [5, 5.41) is 9.07. The Morgan fingerprint density at radius 2 is 2.03 bits per heavy atom. The largest absolute Gasteiger partial charge is 0.379 e. The summed E-state index contributed by atoms with van der Waals surface area (Å²) >= 11 is 1.56. The first-order chi connectivity index (χ1) is 15.6. The van der Waals surface area contributed by atoms with Gasteiger partial charge in [0.15, 0.2) is 0 Å². The molecule has 2 amide bonds. The van der Waals surface area contributed by atoms with Crippen molar-refractivity contribution in [2.75, 3.05) is 55.8 Å². The summed E-state index contributed by atoms with van der Waals surface area (Å²) in [6.07, 6.45) is 0. The quantitative estimate of drug-likeness (QED) is 0.564. The molecule has 2 aromatic rings. The molecule has 0 saturated carbocycles. The lowest BCUT2D eigenvalue weighted by Gasteiger charge is -2.27. The second-order valence-corrected chi connectivity index (χ2v) is 8.83. The summed E-state index contributed by atoms with van der Waals surface area (Å²) in [7, 11) is 0. The smallest absolute Gasteiger partial charge is 0.251 e. The van der Waals surface area contributed by atoms with Gasteiger partial charge in [0.25, 0.3) is 5.91 Å². The molecule has 2 aromatic carbocycles. The fourth-order valence-electron chi connectivity index (χ4n) is 3.68. The highest BCUT2D eigenvalue weighted by molar-refractivity contribution is 7.98. The van der Waals surface area contributed by atoms with Gasteiger partial charge < -0.3 is 20.7 Å². The van der Waals surface area contributed by atoms with Crippen LogP contribution in [0, 0.1) is 5.82 Å². The number of amides is 2. The van der Waals surface area contributed by atoms with E-state index in [4.69, 9.17) is 4.74 Å². The van der Waals surface area contributed by atoms with Crippen LogP contribution in [0.1, 0.15) is 15.9 Å². The maximum Gasteiger partial charge on any atom is 0.251 e. The molecule has 0 aromatic heterocycles. The van der Waals surface area contributed by atoms with Gasteiger partial charge in [0.1, 0.15) is 11.9 Å². The van der Waals surface area contributed by atoms with E-state index in [-0.39, 0.29) is 17.6 Å². The molecule has 9 heteroatoms. The molecule has 2 aliphatic rings. The number of anilines is 2. The average molecular weight is 459 g/mol. The van der Waals surface area contributed by atoms with Crippen molar-refractivity contribution < 1.29 is 18.7 Å². The van der Waals surface area contributed by atoms with E-state index >= 15 is 0 Å². The predicted octanol–water partition coefficient (Wildman–Crippen LogP) is 2.55. The van der Waals surface area contributed by atoms with Crippen molar-refractivity contribution in [1.82, 2.24) is 10.2 Å². The highest BCUT2D eigenvalue weighted by Crippen LogP contribution is 2.29. The van der Waals surface area contributed by atoms with Gasteiger partial charge in [-0.05, 0) is 35.9 Å². The van der Waals surface area contributed by atoms with E-state index in [1.54, 1.807) is 30.0 Å². The highest BCUT2D eigenvalue weighted by Gasteiger charge is 2.26. The van der Waals surface area contributed by atoms with Crippen LogP contribution in [0.4, 0.5) is 15.8 Å². The SMILES string of the molecule is O=C(NCCN1CCOCC1)c1ccc2c(c1)NC(=O)C(CSCc1cccc(F)c1)N2. The van der Waals surface area contributed by atoms with Gasteiger partial charge in [-0.3, -0.25) is 14.5 Å². The van der Waals surface area contributed by atoms with Crippen molar-refractivity contribution in [1.29, 1.82) is 0 Å². The van der Waals surface area contributed by atoms with Crippen LogP contribution in [0.25, 0.3) is 0 Å². The number of thioether (sulfide) groups is 1. The molecule has 0 radical (unpaired) electrons. The maximum atomic E-state index is 13.3. The van der Waals surface area contributed by atoms with E-state index in [1.165, 1.54) is 12.1 Å². The average Bonchev–Trinajstić information content (AvgIpc) is 2.80. The molecule has 1 unspecified atom stereocenters. The van der Waals surface area contributed by atoms with E-state index in [1.807, 2.05) is 12.1 Å². The van der Waals surface area contributed by atoms with Gasteiger partial charge in [-0.2, -0.15) is 11.8 Å². The predicted molar refractivity (Wildman–Crippen MR) is 125 cm³/mol. The van der Waals surface area contributed by atoms with Crippen LogP contribution in [0.5, 0.6) is 0 Å². The minimum atomic E-state index is -0.394. The van der Waals surface area contributed by atoms with Crippen LogP contribution in [-0.2, 0) is 15.3 Å². The van der Waals surface area contributed by atoms with Crippen molar-refractivity contribution in [2.45, 2.75) is 11.8 Å². The summed E-state index contributed by atoms with van der Waals surface area (Å²) in [5.41, 5.74) is 2.77. The Morgan fingerprint density at radius 3 is 2.84 bits per heavy atom. The third-order valence-corrected chi connectivity index (χ3v) is 6.55. The number of hydrogen-bond donors (Lipinski definition) is 3. The molecule has 3 N–H and O–H groups in total. The molecule has 2 aliphatic heterocycles. The van der Waals surface area contributed by atoms with Gasteiger partial charge in [0, 0.05) is 43.2 Å². The first-order valence-corrected chi connectivity index (χ1v) is 11.9. The molecule has 1 atom stereocenters. The van der Waals surface area contributed by atoms with Crippen LogP contribution < -0.4 is 16.0 Å². The minimum absolute atomic E-state index is 0.144. The molecule has 0 bridgehead atoms. The van der Waals surface area contributed by atoms with Crippen molar-refractivity contribution in [3.8, 4) is 0 Å². The van der Waals surface area contributed by atoms with Gasteiger partial charge in [-0.15, -0.1) is 0 Å². The molecule has 4 rings (SSSR count). The van der Waals surface area contributed by atoms with Gasteiger partial charge in [0.2, 0.25) is 5.91 Å². The molecule has 170 valence electrons. The number of nitrogens with zero attached hydrogens (tertiary/aromatic N) is 1. The molecule has 2 heterocycles. The lowest BCUT2D eigenvalue weighted by atomic mass is 10.1. The number of halogens is 1. The third-order valence-electron chi connectivity index (χ3n) is 5.45. The Morgan fingerprint density at radius 1 is 1.19 bits per heavy atom. The second-order valence-electron chi connectivity index (χ2n) is 7.80. The minimum Gasteiger partial charge on any atom is -0.379 e. The Labute approximate surface area is 191 Å². The summed E-state index contributed by atoms with van der Waals surface area (Å²) in [4.78, 5) is 27.3. The van der Waals surface area contributed by atoms with Crippen molar-refractivity contribution >= 4 is 35.0 Å². The van der Waals surface area contributed by atoms with Crippen LogP contribution in [0.3, 0.4) is 0 Å². The summed E-state index contributed by atoms with van der Waals surface area (Å²) in [5.74, 6) is 0.606. The lowest BCUT2D eigenvalue weighted by molar-refractivity contribution is -0.116. The number of carbonyl (C=O) groups excluding carboxylic acids is 2. The fraction of sp³-hybridized carbons (Fsp3) is 0.391. The molecule has 1 fully saturated rings. The zero-order chi connectivity index (χ0) is 22.3. The molecule has 0 aliphatic carbocycles. The summed E-state index contributed by atoms with van der Waals surface area (Å²) < 4.78 is 18.6. The van der Waals surface area contributed by atoms with Crippen LogP contribution >= 0.6 is 11.8 Å². The van der Waals surface area contributed by atoms with Crippen LogP contribution in [-0.4, -0.2) is 67.9 Å². The zero-order valence-corrected chi connectivity index (χ0v) is 18.6. The third kappa shape index (κ3) is 5.99. The number of rotatable bonds is 8. The van der Waals surface area contributed by atoms with Crippen LogP contribution in [0.2, 0.25) is 0 Å². The van der Waals surface area contributed by atoms with E-state index in [9.17, 15) is 14.0 Å². The lowest BCUT2D eigenvalue weighted by Crippen LogP contribution is -2.41. The Balaban J connectivity index is 1.27. The Kier molecular flexibility index (Phi) is 7.62. The number of hydrogen-bond acceptors (Lipinski definition) is 6. The molecule has 1 saturated heterocycles. The van der Waals surface area contributed by atoms with Crippen molar-refractivity contribution in [2.24, 2.45) is 0 Å². The Bertz CT molecular complexity index is 968.